The van der Waals surface area contributed by atoms with Crippen LogP contribution < -0.4 is 0 Å². The Kier molecular flexibility index (Phi) is 9.15. The molecular weight excluding hydrogens is 424 g/mol. The van der Waals surface area contributed by atoms with Crippen molar-refractivity contribution in [3.63, 3.8) is 0 Å². The molecule has 0 N–H and O–H groups in total. The first-order chi connectivity index (χ1) is 14.7. The Morgan fingerprint density at radius 1 is 1.19 bits per heavy atom. The van der Waals surface area contributed by atoms with Gasteiger partial charge in [0.25, 0.3) is 0 Å². The number of hydrogen-bond acceptors (Lipinski definition) is 7. The van der Waals surface area contributed by atoms with Gasteiger partial charge < -0.3 is 14.4 Å². The molecule has 1 aliphatic heterocycles. The normalized spacial score (nSPS) is 15.5. The molecule has 0 unspecified atom stereocenters. The van der Waals surface area contributed by atoms with Crippen molar-refractivity contribution < 1.29 is 32.3 Å². The number of benzene rings is 1. The van der Waals surface area contributed by atoms with Crippen LogP contribution in [0.3, 0.4) is 0 Å². The summed E-state index contributed by atoms with van der Waals surface area (Å²) in [7, 11) is -2.25. The van der Waals surface area contributed by atoms with Gasteiger partial charge in [-0.05, 0) is 38.8 Å². The topological polar surface area (TPSA) is 110 Å². The van der Waals surface area contributed by atoms with E-state index in [-0.39, 0.29) is 61.9 Å². The van der Waals surface area contributed by atoms with Crippen LogP contribution in [-0.4, -0.2) is 81.8 Å². The van der Waals surface area contributed by atoms with Gasteiger partial charge >= 0.3 is 5.97 Å². The number of sulfonamides is 1. The maximum absolute atomic E-state index is 13.0. The molecule has 0 bridgehead atoms. The van der Waals surface area contributed by atoms with Gasteiger partial charge in [0.1, 0.15) is 6.54 Å². The van der Waals surface area contributed by atoms with Gasteiger partial charge in [0.05, 0.1) is 18.1 Å². The van der Waals surface area contributed by atoms with Crippen LogP contribution in [0.15, 0.2) is 29.2 Å². The number of piperidine rings is 1. The maximum Gasteiger partial charge on any atom is 0.325 e. The van der Waals surface area contributed by atoms with Gasteiger partial charge in [0, 0.05) is 38.2 Å². The second-order valence-electron chi connectivity index (χ2n) is 7.32. The fraction of sp³-hybridized carbons (Fsp3) is 0.571. The van der Waals surface area contributed by atoms with Crippen molar-refractivity contribution in [2.45, 2.75) is 31.6 Å². The van der Waals surface area contributed by atoms with Crippen LogP contribution in [0, 0.1) is 5.92 Å². The minimum Gasteiger partial charge on any atom is -0.465 e. The predicted molar refractivity (Wildman–Crippen MR) is 113 cm³/mol. The van der Waals surface area contributed by atoms with E-state index in [1.807, 2.05) is 0 Å². The molecule has 1 amide bonds. The minimum atomic E-state index is -3.77. The maximum atomic E-state index is 13.0. The number of carbonyl (C=O) groups excluding carboxylic acids is 3. The highest BCUT2D eigenvalue weighted by Crippen LogP contribution is 2.25. The van der Waals surface area contributed by atoms with E-state index in [1.165, 1.54) is 35.4 Å². The smallest absolute Gasteiger partial charge is 0.325 e. The van der Waals surface area contributed by atoms with E-state index in [4.69, 9.17) is 9.47 Å². The summed E-state index contributed by atoms with van der Waals surface area (Å²) in [6, 6.07) is 5.96. The third kappa shape index (κ3) is 6.59. The van der Waals surface area contributed by atoms with Crippen LogP contribution in [0.25, 0.3) is 0 Å². The average molecular weight is 455 g/mol. The third-order valence-corrected chi connectivity index (χ3v) is 7.08. The molecule has 172 valence electrons. The predicted octanol–water partition coefficient (Wildman–Crippen LogP) is 1.33. The molecule has 1 aromatic rings. The number of hydrogen-bond donors (Lipinski definition) is 0. The molecular formula is C21H30N2O7S. The lowest BCUT2D eigenvalue weighted by atomic mass is 9.96. The fourth-order valence-corrected chi connectivity index (χ4v) is 4.97. The number of rotatable bonds is 10. The monoisotopic (exact) mass is 454 g/mol. The Bertz CT molecular complexity index is 893. The molecule has 1 saturated heterocycles. The third-order valence-electron chi connectivity index (χ3n) is 5.18. The van der Waals surface area contributed by atoms with Crippen LogP contribution in [0.4, 0.5) is 0 Å². The second kappa shape index (κ2) is 11.4. The number of carbonyl (C=O) groups is 3. The summed E-state index contributed by atoms with van der Waals surface area (Å²) in [6.07, 6.45) is 0.688. The molecule has 2 rings (SSSR count). The van der Waals surface area contributed by atoms with E-state index < -0.39 is 16.0 Å². The summed E-state index contributed by atoms with van der Waals surface area (Å²) >= 11 is 0. The van der Waals surface area contributed by atoms with E-state index in [2.05, 4.69) is 0 Å². The Balaban J connectivity index is 2.05. The molecule has 0 saturated carbocycles. The molecule has 1 aliphatic rings. The van der Waals surface area contributed by atoms with E-state index >= 15 is 0 Å². The lowest BCUT2D eigenvalue weighted by Crippen LogP contribution is -2.46. The standard InChI is InChI=1S/C21H30N2O7S/c1-4-30-20(25)15-22(12-13-29-3)21(26)17-8-10-23(11-9-17)31(27,28)19-7-5-6-18(14-19)16(2)24/h5-7,14,17H,4,8-13,15H2,1-3H3. The van der Waals surface area contributed by atoms with Crippen molar-refractivity contribution in [2.75, 3.05) is 46.5 Å². The first kappa shape index (κ1) is 25.0. The second-order valence-corrected chi connectivity index (χ2v) is 9.26. The number of esters is 1. The van der Waals surface area contributed by atoms with Gasteiger partial charge in [-0.1, -0.05) is 12.1 Å². The highest BCUT2D eigenvalue weighted by atomic mass is 32.2. The first-order valence-electron chi connectivity index (χ1n) is 10.2. The lowest BCUT2D eigenvalue weighted by Gasteiger charge is -2.33. The van der Waals surface area contributed by atoms with Crippen molar-refractivity contribution >= 4 is 27.7 Å². The zero-order valence-corrected chi connectivity index (χ0v) is 19.0. The lowest BCUT2D eigenvalue weighted by molar-refractivity contribution is -0.151. The summed E-state index contributed by atoms with van der Waals surface area (Å²) in [5.74, 6) is -1.29. The van der Waals surface area contributed by atoms with Gasteiger partial charge in [-0.3, -0.25) is 14.4 Å². The van der Waals surface area contributed by atoms with Gasteiger partial charge in [0.15, 0.2) is 5.78 Å². The molecule has 0 aromatic heterocycles. The van der Waals surface area contributed by atoms with Gasteiger partial charge in [-0.2, -0.15) is 4.31 Å². The summed E-state index contributed by atoms with van der Waals surface area (Å²) in [5.41, 5.74) is 0.332. The molecule has 0 spiro atoms. The number of methoxy groups -OCH3 is 1. The summed E-state index contributed by atoms with van der Waals surface area (Å²) in [6.45, 7) is 4.05. The van der Waals surface area contributed by atoms with Gasteiger partial charge in [-0.25, -0.2) is 8.42 Å². The van der Waals surface area contributed by atoms with Crippen molar-refractivity contribution in [1.29, 1.82) is 0 Å². The number of nitrogens with zero attached hydrogens (tertiary/aromatic N) is 2. The largest absolute Gasteiger partial charge is 0.465 e. The first-order valence-corrected chi connectivity index (χ1v) is 11.7. The molecule has 0 atom stereocenters. The van der Waals surface area contributed by atoms with Crippen LogP contribution in [-0.2, 0) is 29.1 Å². The van der Waals surface area contributed by atoms with Crippen molar-refractivity contribution in [3.05, 3.63) is 29.8 Å². The van der Waals surface area contributed by atoms with E-state index in [1.54, 1.807) is 19.1 Å². The molecule has 0 radical (unpaired) electrons. The van der Waals surface area contributed by atoms with Crippen molar-refractivity contribution in [3.8, 4) is 0 Å². The quantitative estimate of drug-likeness (QED) is 0.387. The molecule has 1 fully saturated rings. The molecule has 31 heavy (non-hydrogen) atoms. The van der Waals surface area contributed by atoms with Gasteiger partial charge in [0.2, 0.25) is 15.9 Å². The van der Waals surface area contributed by atoms with E-state index in [0.717, 1.165) is 0 Å². The number of ketones is 1. The Morgan fingerprint density at radius 2 is 1.87 bits per heavy atom. The van der Waals surface area contributed by atoms with E-state index in [9.17, 15) is 22.8 Å². The summed E-state index contributed by atoms with van der Waals surface area (Å²) in [5, 5.41) is 0. The van der Waals surface area contributed by atoms with Crippen LogP contribution in [0.5, 0.6) is 0 Å². The SMILES string of the molecule is CCOC(=O)CN(CCOC)C(=O)C1CCN(S(=O)(=O)c2cccc(C(C)=O)c2)CC1. The molecule has 1 aromatic carbocycles. The summed E-state index contributed by atoms with van der Waals surface area (Å²) in [4.78, 5) is 37.9. The van der Waals surface area contributed by atoms with Crippen LogP contribution in [0.1, 0.15) is 37.0 Å². The number of amides is 1. The molecule has 0 aliphatic carbocycles. The Hall–Kier alpha value is -2.30. The Labute approximate surface area is 183 Å². The highest BCUT2D eigenvalue weighted by Gasteiger charge is 2.34. The molecule has 1 heterocycles. The summed E-state index contributed by atoms with van der Waals surface area (Å²) < 4.78 is 37.3. The zero-order valence-electron chi connectivity index (χ0n) is 18.2. The zero-order chi connectivity index (χ0) is 23.0. The average Bonchev–Trinajstić information content (AvgIpc) is 2.76. The minimum absolute atomic E-state index is 0.0639. The van der Waals surface area contributed by atoms with Crippen molar-refractivity contribution in [2.24, 2.45) is 5.92 Å². The van der Waals surface area contributed by atoms with Gasteiger partial charge in [-0.15, -0.1) is 0 Å². The van der Waals surface area contributed by atoms with Crippen LogP contribution in [0.2, 0.25) is 0 Å². The van der Waals surface area contributed by atoms with Crippen LogP contribution >= 0.6 is 0 Å². The fourth-order valence-electron chi connectivity index (χ4n) is 3.46. The number of Topliss-reactive ketones (excluding diaryl/α,β-unsaturated/α-hetero) is 1. The Morgan fingerprint density at radius 3 is 2.45 bits per heavy atom. The number of ether oxygens (including phenoxy) is 2. The molecule has 10 heteroatoms. The molecule has 9 nitrogen and oxygen atoms in total. The van der Waals surface area contributed by atoms with Crippen molar-refractivity contribution in [1.82, 2.24) is 9.21 Å². The highest BCUT2D eigenvalue weighted by molar-refractivity contribution is 7.89. The van der Waals surface area contributed by atoms with E-state index in [0.29, 0.717) is 18.4 Å².